The van der Waals surface area contributed by atoms with E-state index in [0.717, 1.165) is 52.5 Å². The van der Waals surface area contributed by atoms with Crippen LogP contribution in [0, 0.1) is 5.41 Å². The van der Waals surface area contributed by atoms with E-state index in [4.69, 9.17) is 4.74 Å². The summed E-state index contributed by atoms with van der Waals surface area (Å²) in [6.07, 6.45) is -4.09. The van der Waals surface area contributed by atoms with E-state index >= 15 is 0 Å². The van der Waals surface area contributed by atoms with Crippen LogP contribution in [0.15, 0.2) is 0 Å². The Hall–Kier alpha value is -0.370. The first-order chi connectivity index (χ1) is 10.2. The van der Waals surface area contributed by atoms with E-state index in [0.29, 0.717) is 13.1 Å². The van der Waals surface area contributed by atoms with Gasteiger partial charge in [-0.25, -0.2) is 0 Å². The lowest BCUT2D eigenvalue weighted by molar-refractivity contribution is -0.149. The molecule has 2 heterocycles. The van der Waals surface area contributed by atoms with Crippen molar-refractivity contribution in [3.05, 3.63) is 0 Å². The van der Waals surface area contributed by atoms with Gasteiger partial charge in [0.1, 0.15) is 0 Å². The molecule has 0 radical (unpaired) electrons. The second-order valence-corrected chi connectivity index (χ2v) is 7.22. The van der Waals surface area contributed by atoms with Crippen molar-refractivity contribution in [2.75, 3.05) is 72.1 Å². The lowest BCUT2D eigenvalue weighted by Crippen LogP contribution is -2.53. The van der Waals surface area contributed by atoms with Crippen LogP contribution in [0.2, 0.25) is 0 Å². The van der Waals surface area contributed by atoms with Crippen LogP contribution >= 0.6 is 0 Å². The number of ether oxygens (including phenoxy) is 1. The maximum atomic E-state index is 12.4. The molecule has 0 amide bonds. The average Bonchev–Trinajstić information content (AvgIpc) is 2.39. The molecule has 0 bridgehead atoms. The van der Waals surface area contributed by atoms with E-state index in [1.165, 1.54) is 4.90 Å². The third-order valence-corrected chi connectivity index (χ3v) is 4.27. The van der Waals surface area contributed by atoms with Crippen LogP contribution in [0.3, 0.4) is 0 Å². The molecule has 0 aromatic heterocycles. The number of hydrogen-bond acceptors (Lipinski definition) is 4. The fourth-order valence-corrected chi connectivity index (χ4v) is 3.38. The van der Waals surface area contributed by atoms with Crippen molar-refractivity contribution < 1.29 is 17.9 Å². The van der Waals surface area contributed by atoms with Gasteiger partial charge in [-0.2, -0.15) is 13.2 Å². The van der Waals surface area contributed by atoms with Crippen molar-refractivity contribution in [1.29, 1.82) is 0 Å². The number of morpholine rings is 1. The molecular formula is C15H28F3N3O. The van der Waals surface area contributed by atoms with Gasteiger partial charge in [0.2, 0.25) is 0 Å². The number of nitrogens with zero attached hydrogens (tertiary/aromatic N) is 3. The Bertz CT molecular complexity index is 335. The molecule has 0 atom stereocenters. The molecule has 0 N–H and O–H groups in total. The first-order valence-corrected chi connectivity index (χ1v) is 8.05. The topological polar surface area (TPSA) is 19.0 Å². The standard InChI is InChI=1S/C15H28F3N3O/c1-14(2,12-21-7-9-22-10-8-21)11-19-3-5-20(6-4-19)13-15(16,17)18/h3-13H2,1-2H3. The second kappa shape index (κ2) is 7.47. The van der Waals surface area contributed by atoms with Crippen molar-refractivity contribution in [1.82, 2.24) is 14.7 Å². The molecule has 22 heavy (non-hydrogen) atoms. The third-order valence-electron chi connectivity index (χ3n) is 4.27. The minimum absolute atomic E-state index is 0.142. The Morgan fingerprint density at radius 2 is 1.14 bits per heavy atom. The molecule has 2 saturated heterocycles. The zero-order chi connectivity index (χ0) is 16.2. The first-order valence-electron chi connectivity index (χ1n) is 8.05. The van der Waals surface area contributed by atoms with Crippen molar-refractivity contribution in [2.24, 2.45) is 5.41 Å². The van der Waals surface area contributed by atoms with Gasteiger partial charge in [-0.05, 0) is 5.41 Å². The fraction of sp³-hybridized carbons (Fsp3) is 1.00. The van der Waals surface area contributed by atoms with Crippen molar-refractivity contribution in [2.45, 2.75) is 20.0 Å². The van der Waals surface area contributed by atoms with E-state index in [1.807, 2.05) is 0 Å². The molecule has 0 aliphatic carbocycles. The number of hydrogen-bond donors (Lipinski definition) is 0. The van der Waals surface area contributed by atoms with Crippen LogP contribution in [-0.2, 0) is 4.74 Å². The predicted octanol–water partition coefficient (Wildman–Crippen LogP) is 1.52. The van der Waals surface area contributed by atoms with Gasteiger partial charge in [0.05, 0.1) is 19.8 Å². The van der Waals surface area contributed by atoms with Gasteiger partial charge < -0.3 is 9.64 Å². The minimum Gasteiger partial charge on any atom is -0.379 e. The van der Waals surface area contributed by atoms with Gasteiger partial charge in [0, 0.05) is 52.4 Å². The molecule has 0 unspecified atom stereocenters. The zero-order valence-corrected chi connectivity index (χ0v) is 13.7. The van der Waals surface area contributed by atoms with Gasteiger partial charge in [0.25, 0.3) is 0 Å². The van der Waals surface area contributed by atoms with Crippen LogP contribution in [0.5, 0.6) is 0 Å². The average molecular weight is 323 g/mol. The summed E-state index contributed by atoms with van der Waals surface area (Å²) in [6.45, 7) is 11.7. The van der Waals surface area contributed by atoms with E-state index in [9.17, 15) is 13.2 Å². The molecule has 4 nitrogen and oxygen atoms in total. The molecule has 0 aromatic carbocycles. The van der Waals surface area contributed by atoms with E-state index in [1.54, 1.807) is 0 Å². The number of alkyl halides is 3. The van der Waals surface area contributed by atoms with Gasteiger partial charge in [-0.15, -0.1) is 0 Å². The Morgan fingerprint density at radius 1 is 0.727 bits per heavy atom. The lowest BCUT2D eigenvalue weighted by Gasteiger charge is -2.41. The molecule has 0 spiro atoms. The summed E-state index contributed by atoms with van der Waals surface area (Å²) < 4.78 is 42.6. The Morgan fingerprint density at radius 3 is 1.59 bits per heavy atom. The van der Waals surface area contributed by atoms with Crippen LogP contribution in [0.1, 0.15) is 13.8 Å². The summed E-state index contributed by atoms with van der Waals surface area (Å²) in [5.74, 6) is 0. The molecule has 2 aliphatic heterocycles. The molecule has 2 fully saturated rings. The highest BCUT2D eigenvalue weighted by molar-refractivity contribution is 4.82. The Balaban J connectivity index is 1.72. The SMILES string of the molecule is CC(C)(CN1CCOCC1)CN1CCN(CC(F)(F)F)CC1. The third kappa shape index (κ3) is 6.40. The Kier molecular flexibility index (Phi) is 6.10. The Labute approximate surface area is 131 Å². The van der Waals surface area contributed by atoms with Gasteiger partial charge >= 0.3 is 6.18 Å². The van der Waals surface area contributed by atoms with Gasteiger partial charge in [-0.3, -0.25) is 9.80 Å². The minimum atomic E-state index is -4.09. The van der Waals surface area contributed by atoms with Crippen molar-refractivity contribution >= 4 is 0 Å². The summed E-state index contributed by atoms with van der Waals surface area (Å²) >= 11 is 0. The summed E-state index contributed by atoms with van der Waals surface area (Å²) in [7, 11) is 0. The highest BCUT2D eigenvalue weighted by Crippen LogP contribution is 2.22. The molecular weight excluding hydrogens is 295 g/mol. The molecule has 2 aliphatic rings. The second-order valence-electron chi connectivity index (χ2n) is 7.22. The monoisotopic (exact) mass is 323 g/mol. The molecule has 0 saturated carbocycles. The summed E-state index contributed by atoms with van der Waals surface area (Å²) in [5.41, 5.74) is 0.142. The summed E-state index contributed by atoms with van der Waals surface area (Å²) in [5, 5.41) is 0. The molecule has 0 aromatic rings. The summed E-state index contributed by atoms with van der Waals surface area (Å²) in [6, 6.07) is 0. The highest BCUT2D eigenvalue weighted by atomic mass is 19.4. The first kappa shape index (κ1) is 18.0. The quantitative estimate of drug-likeness (QED) is 0.764. The normalized spacial score (nSPS) is 23.9. The zero-order valence-electron chi connectivity index (χ0n) is 13.7. The van der Waals surface area contributed by atoms with Crippen molar-refractivity contribution in [3.8, 4) is 0 Å². The van der Waals surface area contributed by atoms with Crippen LogP contribution < -0.4 is 0 Å². The maximum absolute atomic E-state index is 12.4. The molecule has 2 rings (SSSR count). The number of halogens is 3. The van der Waals surface area contributed by atoms with Crippen LogP contribution in [0.25, 0.3) is 0 Å². The van der Waals surface area contributed by atoms with E-state index < -0.39 is 12.7 Å². The van der Waals surface area contributed by atoms with Crippen molar-refractivity contribution in [3.63, 3.8) is 0 Å². The van der Waals surface area contributed by atoms with Crippen LogP contribution in [-0.4, -0.2) is 93.0 Å². The maximum Gasteiger partial charge on any atom is 0.401 e. The highest BCUT2D eigenvalue weighted by Gasteiger charge is 2.33. The van der Waals surface area contributed by atoms with E-state index in [-0.39, 0.29) is 5.41 Å². The van der Waals surface area contributed by atoms with Crippen LogP contribution in [0.4, 0.5) is 13.2 Å². The molecule has 130 valence electrons. The molecule has 7 heteroatoms. The number of piperazine rings is 1. The predicted molar refractivity (Wildman–Crippen MR) is 80.0 cm³/mol. The van der Waals surface area contributed by atoms with E-state index in [2.05, 4.69) is 23.6 Å². The fourth-order valence-electron chi connectivity index (χ4n) is 3.38. The van der Waals surface area contributed by atoms with Gasteiger partial charge in [0.15, 0.2) is 0 Å². The van der Waals surface area contributed by atoms with Gasteiger partial charge in [-0.1, -0.05) is 13.8 Å². The summed E-state index contributed by atoms with van der Waals surface area (Å²) in [4.78, 5) is 6.22. The smallest absolute Gasteiger partial charge is 0.379 e. The number of rotatable bonds is 5. The largest absolute Gasteiger partial charge is 0.401 e. The lowest BCUT2D eigenvalue weighted by atomic mass is 9.91.